The van der Waals surface area contributed by atoms with Gasteiger partial charge in [0.25, 0.3) is 0 Å². The van der Waals surface area contributed by atoms with Gasteiger partial charge in [-0.05, 0) is 48.4 Å². The van der Waals surface area contributed by atoms with Crippen LogP contribution in [0.1, 0.15) is 11.1 Å². The molecule has 0 spiro atoms. The van der Waals surface area contributed by atoms with Gasteiger partial charge in [-0.2, -0.15) is 0 Å². The molecule has 0 saturated carbocycles. The van der Waals surface area contributed by atoms with Crippen molar-refractivity contribution in [1.82, 2.24) is 0 Å². The Hall–Kier alpha value is -2.69. The number of hydrogen-bond donors (Lipinski definition) is 0. The lowest BCUT2D eigenvalue weighted by Gasteiger charge is -2.29. The van der Waals surface area contributed by atoms with Gasteiger partial charge in [0.2, 0.25) is 0 Å². The number of aryl methyl sites for hydroxylation is 1. The molecule has 0 nitrogen and oxygen atoms in total. The molecule has 0 aliphatic carbocycles. The lowest BCUT2D eigenvalue weighted by atomic mass is 10.2. The summed E-state index contributed by atoms with van der Waals surface area (Å²) in [5, 5.41) is 4.36. The molecule has 0 N–H and O–H groups in total. The fraction of sp³-hybridized carbons (Fsp3) is 0.0769. The van der Waals surface area contributed by atoms with Crippen LogP contribution in [0.4, 0.5) is 0 Å². The van der Waals surface area contributed by atoms with Crippen molar-refractivity contribution >= 4 is 23.2 Å². The van der Waals surface area contributed by atoms with Gasteiger partial charge >= 0.3 is 0 Å². The highest BCUT2D eigenvalue weighted by Crippen LogP contribution is 2.58. The van der Waals surface area contributed by atoms with Crippen LogP contribution in [-0.2, 0) is 6.16 Å². The third kappa shape index (κ3) is 3.46. The Kier molecular flexibility index (Phi) is 5.19. The number of rotatable bonds is 5. The van der Waals surface area contributed by atoms with Crippen molar-refractivity contribution in [3.63, 3.8) is 0 Å². The molecule has 0 bridgehead atoms. The molecule has 4 aromatic carbocycles. The highest BCUT2D eigenvalue weighted by molar-refractivity contribution is 7.95. The summed E-state index contributed by atoms with van der Waals surface area (Å²) in [6, 6.07) is 42.0. The Balaban J connectivity index is 2.04. The molecule has 0 aromatic heterocycles. The van der Waals surface area contributed by atoms with E-state index in [1.807, 2.05) is 0 Å². The van der Waals surface area contributed by atoms with Crippen LogP contribution >= 0.6 is 7.26 Å². The van der Waals surface area contributed by atoms with Crippen molar-refractivity contribution < 1.29 is 0 Å². The Bertz CT molecular complexity index is 952. The summed E-state index contributed by atoms with van der Waals surface area (Å²) >= 11 is 0. The third-order valence-electron chi connectivity index (χ3n) is 5.18. The third-order valence-corrected chi connectivity index (χ3v) is 9.71. The first-order valence-electron chi connectivity index (χ1n) is 9.40. The number of benzene rings is 4. The van der Waals surface area contributed by atoms with E-state index in [4.69, 9.17) is 0 Å². The van der Waals surface area contributed by atoms with Crippen molar-refractivity contribution in [2.45, 2.75) is 13.1 Å². The molecule has 132 valence electrons. The minimum absolute atomic E-state index is 1.03. The number of hydrogen-bond acceptors (Lipinski definition) is 0. The molecule has 0 fully saturated rings. The maximum Gasteiger partial charge on any atom is 0.116 e. The van der Waals surface area contributed by atoms with E-state index in [1.54, 1.807) is 0 Å². The van der Waals surface area contributed by atoms with Crippen LogP contribution in [0.5, 0.6) is 0 Å². The molecule has 0 saturated heterocycles. The average Bonchev–Trinajstić information content (AvgIpc) is 2.75. The van der Waals surface area contributed by atoms with Gasteiger partial charge in [-0.25, -0.2) is 0 Å². The van der Waals surface area contributed by atoms with E-state index >= 15 is 0 Å². The first-order valence-corrected chi connectivity index (χ1v) is 11.4. The summed E-state index contributed by atoms with van der Waals surface area (Å²) < 4.78 is 0. The maximum atomic E-state index is 2.34. The quantitative estimate of drug-likeness (QED) is 0.409. The second-order valence-corrected chi connectivity index (χ2v) is 10.4. The topological polar surface area (TPSA) is 0 Å². The van der Waals surface area contributed by atoms with Crippen LogP contribution < -0.4 is 15.9 Å². The van der Waals surface area contributed by atoms with Crippen molar-refractivity contribution in [3.8, 4) is 0 Å². The molecule has 0 radical (unpaired) electrons. The van der Waals surface area contributed by atoms with Gasteiger partial charge < -0.3 is 0 Å². The zero-order valence-corrected chi connectivity index (χ0v) is 16.5. The van der Waals surface area contributed by atoms with Crippen LogP contribution in [0.2, 0.25) is 0 Å². The van der Waals surface area contributed by atoms with Crippen LogP contribution in [-0.4, -0.2) is 0 Å². The zero-order chi connectivity index (χ0) is 18.5. The second-order valence-electron chi connectivity index (χ2n) is 6.91. The summed E-state index contributed by atoms with van der Waals surface area (Å²) in [5.74, 6) is 0. The molecule has 27 heavy (non-hydrogen) atoms. The lowest BCUT2D eigenvalue weighted by molar-refractivity contribution is 1.38. The fourth-order valence-electron chi connectivity index (χ4n) is 3.91. The van der Waals surface area contributed by atoms with Gasteiger partial charge in [0, 0.05) is 0 Å². The van der Waals surface area contributed by atoms with Crippen molar-refractivity contribution in [2.75, 3.05) is 0 Å². The van der Waals surface area contributed by atoms with E-state index in [9.17, 15) is 0 Å². The SMILES string of the molecule is Cc1ccccc1[P+](Cc1ccccc1)(c1ccccc1)c1ccccc1. The van der Waals surface area contributed by atoms with Gasteiger partial charge in [-0.3, -0.25) is 0 Å². The largest absolute Gasteiger partial charge is 0.116 e. The minimum atomic E-state index is -1.81. The molecule has 0 atom stereocenters. The van der Waals surface area contributed by atoms with E-state index in [2.05, 4.69) is 122 Å². The van der Waals surface area contributed by atoms with E-state index in [0.29, 0.717) is 0 Å². The van der Waals surface area contributed by atoms with E-state index < -0.39 is 7.26 Å². The van der Waals surface area contributed by atoms with Gasteiger partial charge in [0.05, 0.1) is 6.16 Å². The smallest absolute Gasteiger partial charge is 0.0622 e. The Morgan fingerprint density at radius 1 is 0.519 bits per heavy atom. The maximum absolute atomic E-state index is 2.34. The van der Waals surface area contributed by atoms with Crippen molar-refractivity contribution in [2.24, 2.45) is 0 Å². The summed E-state index contributed by atoms with van der Waals surface area (Å²) in [7, 11) is -1.81. The van der Waals surface area contributed by atoms with Crippen LogP contribution in [0.15, 0.2) is 115 Å². The van der Waals surface area contributed by atoms with Crippen molar-refractivity contribution in [3.05, 3.63) is 126 Å². The minimum Gasteiger partial charge on any atom is -0.0622 e. The lowest BCUT2D eigenvalue weighted by Crippen LogP contribution is -2.33. The molecule has 4 aromatic rings. The monoisotopic (exact) mass is 367 g/mol. The standard InChI is InChI=1S/C26H24P/c1-22-13-11-12-20-26(22)27(24-16-7-3-8-17-24,25-18-9-4-10-19-25)21-23-14-5-2-6-15-23/h2-20H,21H2,1H3/q+1. The highest BCUT2D eigenvalue weighted by atomic mass is 31.2. The molecule has 0 unspecified atom stereocenters. The van der Waals surface area contributed by atoms with Gasteiger partial charge in [0.1, 0.15) is 23.2 Å². The molecule has 0 heterocycles. The summed E-state index contributed by atoms with van der Waals surface area (Å²) in [4.78, 5) is 0. The van der Waals surface area contributed by atoms with E-state index in [1.165, 1.54) is 27.0 Å². The average molecular weight is 367 g/mol. The Morgan fingerprint density at radius 2 is 0.963 bits per heavy atom. The molecule has 1 heteroatoms. The molecule has 0 aliphatic rings. The summed E-state index contributed by atoms with van der Waals surface area (Å²) in [5.41, 5.74) is 2.76. The van der Waals surface area contributed by atoms with E-state index in [-0.39, 0.29) is 0 Å². The highest BCUT2D eigenvalue weighted by Gasteiger charge is 2.46. The Morgan fingerprint density at radius 3 is 1.48 bits per heavy atom. The van der Waals surface area contributed by atoms with Gasteiger partial charge in [0.15, 0.2) is 0 Å². The first kappa shape index (κ1) is 17.7. The summed E-state index contributed by atoms with van der Waals surface area (Å²) in [6.45, 7) is 2.25. The summed E-state index contributed by atoms with van der Waals surface area (Å²) in [6.07, 6.45) is 1.03. The van der Waals surface area contributed by atoms with Gasteiger partial charge in [-0.15, -0.1) is 0 Å². The van der Waals surface area contributed by atoms with Crippen LogP contribution in [0.3, 0.4) is 0 Å². The molecule has 0 amide bonds. The van der Waals surface area contributed by atoms with E-state index in [0.717, 1.165) is 6.16 Å². The molecule has 0 aliphatic heterocycles. The predicted molar refractivity (Wildman–Crippen MR) is 120 cm³/mol. The Labute approximate surface area is 162 Å². The second kappa shape index (κ2) is 7.91. The van der Waals surface area contributed by atoms with Crippen LogP contribution in [0, 0.1) is 6.92 Å². The normalized spacial score (nSPS) is 11.3. The molecular formula is C26H24P+. The van der Waals surface area contributed by atoms with Crippen molar-refractivity contribution in [1.29, 1.82) is 0 Å². The molecular weight excluding hydrogens is 343 g/mol. The van der Waals surface area contributed by atoms with Crippen LogP contribution in [0.25, 0.3) is 0 Å². The fourth-order valence-corrected chi connectivity index (χ4v) is 8.44. The molecule has 4 rings (SSSR count). The predicted octanol–water partition coefficient (Wildman–Crippen LogP) is 5.49. The van der Waals surface area contributed by atoms with Gasteiger partial charge in [-0.1, -0.05) is 84.9 Å². The first-order chi connectivity index (χ1) is 13.3. The zero-order valence-electron chi connectivity index (χ0n) is 15.6.